The van der Waals surface area contributed by atoms with Crippen molar-refractivity contribution in [1.29, 1.82) is 0 Å². The van der Waals surface area contributed by atoms with Crippen LogP contribution in [0.3, 0.4) is 0 Å². The van der Waals surface area contributed by atoms with Gasteiger partial charge in [0.1, 0.15) is 5.75 Å². The van der Waals surface area contributed by atoms with Gasteiger partial charge in [-0.1, -0.05) is 17.3 Å². The minimum absolute atomic E-state index is 0.269. The van der Waals surface area contributed by atoms with Gasteiger partial charge in [-0.25, -0.2) is 0 Å². The third-order valence-electron chi connectivity index (χ3n) is 2.99. The minimum atomic E-state index is -1.10. The molecule has 0 aliphatic rings. The molecule has 1 atom stereocenters. The highest BCUT2D eigenvalue weighted by Crippen LogP contribution is 2.20. The average molecular weight is 334 g/mol. The van der Waals surface area contributed by atoms with Crippen molar-refractivity contribution in [3.05, 3.63) is 52.5 Å². The lowest BCUT2D eigenvalue weighted by Crippen LogP contribution is -2.01. The second-order valence-corrected chi connectivity index (χ2v) is 6.84. The molecular weight excluding hydrogens is 320 g/mol. The Morgan fingerprint density at radius 1 is 1.32 bits per heavy atom. The van der Waals surface area contributed by atoms with Crippen LogP contribution in [0.2, 0.25) is 0 Å². The molecule has 0 amide bonds. The molecular formula is C15H14N2O3S2. The molecule has 1 aromatic carbocycles. The summed E-state index contributed by atoms with van der Waals surface area (Å²) >= 11 is 1.56. The fourth-order valence-electron chi connectivity index (χ4n) is 1.96. The van der Waals surface area contributed by atoms with Crippen molar-refractivity contribution in [1.82, 2.24) is 10.1 Å². The molecule has 0 radical (unpaired) electrons. The monoisotopic (exact) mass is 334 g/mol. The van der Waals surface area contributed by atoms with Gasteiger partial charge in [0, 0.05) is 21.9 Å². The van der Waals surface area contributed by atoms with E-state index in [0.717, 1.165) is 16.9 Å². The molecule has 2 heterocycles. The lowest BCUT2D eigenvalue weighted by atomic mass is 10.2. The number of aromatic nitrogens is 2. The highest BCUT2D eigenvalue weighted by molar-refractivity contribution is 7.83. The summed E-state index contributed by atoms with van der Waals surface area (Å²) in [5.74, 6) is 2.38. The Labute approximate surface area is 134 Å². The standard InChI is InChI=1S/C15H14N2O3S2/c1-19-13-4-2-3-11(7-13)9-22(18)10-14-16-15(20-17-14)12-5-6-21-8-12/h2-8H,9-10H2,1H3/t22-/m0/s1. The normalized spacial score (nSPS) is 12.2. The van der Waals surface area contributed by atoms with E-state index in [1.807, 2.05) is 41.1 Å². The highest BCUT2D eigenvalue weighted by atomic mass is 32.2. The Morgan fingerprint density at radius 2 is 2.23 bits per heavy atom. The van der Waals surface area contributed by atoms with E-state index in [2.05, 4.69) is 10.1 Å². The second kappa shape index (κ2) is 6.85. The number of rotatable bonds is 6. The van der Waals surface area contributed by atoms with Gasteiger partial charge in [-0.2, -0.15) is 16.3 Å². The van der Waals surface area contributed by atoms with Gasteiger partial charge in [0.2, 0.25) is 0 Å². The first kappa shape index (κ1) is 14.9. The van der Waals surface area contributed by atoms with E-state index in [9.17, 15) is 4.21 Å². The topological polar surface area (TPSA) is 65.2 Å². The minimum Gasteiger partial charge on any atom is -0.497 e. The van der Waals surface area contributed by atoms with Crippen LogP contribution in [-0.2, 0) is 22.3 Å². The summed E-state index contributed by atoms with van der Waals surface area (Å²) in [4.78, 5) is 4.28. The van der Waals surface area contributed by atoms with Crippen molar-refractivity contribution in [2.75, 3.05) is 7.11 Å². The SMILES string of the molecule is COc1cccc(C[S@](=O)Cc2noc(-c3ccsc3)n2)c1. The van der Waals surface area contributed by atoms with Gasteiger partial charge in [0.05, 0.1) is 18.4 Å². The van der Waals surface area contributed by atoms with Crippen LogP contribution in [0, 0.1) is 0 Å². The first-order valence-electron chi connectivity index (χ1n) is 6.57. The van der Waals surface area contributed by atoms with Crippen molar-refractivity contribution in [3.63, 3.8) is 0 Å². The molecule has 0 aliphatic carbocycles. The van der Waals surface area contributed by atoms with Gasteiger partial charge in [-0.05, 0) is 29.1 Å². The lowest BCUT2D eigenvalue weighted by Gasteiger charge is -2.03. The van der Waals surface area contributed by atoms with Gasteiger partial charge in [0.15, 0.2) is 5.82 Å². The quantitative estimate of drug-likeness (QED) is 0.692. The van der Waals surface area contributed by atoms with Crippen LogP contribution >= 0.6 is 11.3 Å². The van der Waals surface area contributed by atoms with Gasteiger partial charge in [0.25, 0.3) is 5.89 Å². The molecule has 0 N–H and O–H groups in total. The molecule has 22 heavy (non-hydrogen) atoms. The predicted molar refractivity (Wildman–Crippen MR) is 86.2 cm³/mol. The van der Waals surface area contributed by atoms with E-state index in [-0.39, 0.29) is 5.75 Å². The molecule has 0 fully saturated rings. The Balaban J connectivity index is 1.64. The summed E-state index contributed by atoms with van der Waals surface area (Å²) in [6.07, 6.45) is 0. The molecule has 0 saturated heterocycles. The third kappa shape index (κ3) is 3.61. The number of nitrogens with zero attached hydrogens (tertiary/aromatic N) is 2. The number of methoxy groups -OCH3 is 1. The Morgan fingerprint density at radius 3 is 3.00 bits per heavy atom. The average Bonchev–Trinajstić information content (AvgIpc) is 3.18. The largest absolute Gasteiger partial charge is 0.497 e. The second-order valence-electron chi connectivity index (χ2n) is 4.61. The smallest absolute Gasteiger partial charge is 0.258 e. The number of benzene rings is 1. The molecule has 5 nitrogen and oxygen atoms in total. The van der Waals surface area contributed by atoms with Crippen molar-refractivity contribution in [3.8, 4) is 17.2 Å². The zero-order valence-corrected chi connectivity index (χ0v) is 13.5. The van der Waals surface area contributed by atoms with Crippen molar-refractivity contribution < 1.29 is 13.5 Å². The van der Waals surface area contributed by atoms with Crippen LogP contribution in [0.15, 0.2) is 45.6 Å². The van der Waals surface area contributed by atoms with E-state index in [1.165, 1.54) is 0 Å². The molecule has 0 aliphatic heterocycles. The zero-order chi connectivity index (χ0) is 15.4. The maximum Gasteiger partial charge on any atom is 0.258 e. The van der Waals surface area contributed by atoms with Crippen molar-refractivity contribution in [2.24, 2.45) is 0 Å². The fourth-order valence-corrected chi connectivity index (χ4v) is 3.65. The maximum atomic E-state index is 12.2. The summed E-state index contributed by atoms with van der Waals surface area (Å²) < 4.78 is 22.6. The zero-order valence-electron chi connectivity index (χ0n) is 11.9. The summed E-state index contributed by atoms with van der Waals surface area (Å²) in [5.41, 5.74) is 1.85. The molecule has 2 aromatic heterocycles. The summed E-state index contributed by atoms with van der Waals surface area (Å²) in [6, 6.07) is 9.46. The van der Waals surface area contributed by atoms with Gasteiger partial charge >= 0.3 is 0 Å². The van der Waals surface area contributed by atoms with E-state index >= 15 is 0 Å². The number of hydrogen-bond donors (Lipinski definition) is 0. The summed E-state index contributed by atoms with van der Waals surface area (Å²) in [6.45, 7) is 0. The summed E-state index contributed by atoms with van der Waals surface area (Å²) in [7, 11) is 0.509. The summed E-state index contributed by atoms with van der Waals surface area (Å²) in [5, 5.41) is 7.77. The van der Waals surface area contributed by atoms with E-state index in [4.69, 9.17) is 9.26 Å². The third-order valence-corrected chi connectivity index (χ3v) is 4.91. The van der Waals surface area contributed by atoms with E-state index in [1.54, 1.807) is 18.4 Å². The van der Waals surface area contributed by atoms with Gasteiger partial charge in [-0.3, -0.25) is 4.21 Å². The molecule has 0 spiro atoms. The molecule has 3 aromatic rings. The lowest BCUT2D eigenvalue weighted by molar-refractivity contribution is 0.414. The molecule has 7 heteroatoms. The Bertz CT molecular complexity index is 769. The van der Waals surface area contributed by atoms with Gasteiger partial charge in [-0.15, -0.1) is 0 Å². The fraction of sp³-hybridized carbons (Fsp3) is 0.200. The number of thiophene rings is 1. The first-order chi connectivity index (χ1) is 10.7. The van der Waals surface area contributed by atoms with Crippen LogP contribution in [0.1, 0.15) is 11.4 Å². The van der Waals surface area contributed by atoms with Gasteiger partial charge < -0.3 is 9.26 Å². The van der Waals surface area contributed by atoms with Crippen molar-refractivity contribution >= 4 is 22.1 Å². The number of ether oxygens (including phenoxy) is 1. The molecule has 0 bridgehead atoms. The Kier molecular flexibility index (Phi) is 4.65. The highest BCUT2D eigenvalue weighted by Gasteiger charge is 2.12. The van der Waals surface area contributed by atoms with Crippen LogP contribution in [0.25, 0.3) is 11.5 Å². The van der Waals surface area contributed by atoms with Crippen LogP contribution < -0.4 is 4.74 Å². The van der Waals surface area contributed by atoms with E-state index in [0.29, 0.717) is 17.5 Å². The molecule has 114 valence electrons. The van der Waals surface area contributed by atoms with Crippen LogP contribution in [0.5, 0.6) is 5.75 Å². The van der Waals surface area contributed by atoms with Crippen LogP contribution in [-0.4, -0.2) is 21.5 Å². The molecule has 3 rings (SSSR count). The predicted octanol–water partition coefficient (Wildman–Crippen LogP) is 3.26. The number of hydrogen-bond acceptors (Lipinski definition) is 6. The van der Waals surface area contributed by atoms with E-state index < -0.39 is 10.8 Å². The van der Waals surface area contributed by atoms with Crippen molar-refractivity contribution in [2.45, 2.75) is 11.5 Å². The Hall–Kier alpha value is -1.99. The van der Waals surface area contributed by atoms with Crippen LogP contribution in [0.4, 0.5) is 0 Å². The molecule has 0 saturated carbocycles. The first-order valence-corrected chi connectivity index (χ1v) is 9.01. The molecule has 0 unspecified atom stereocenters. The maximum absolute atomic E-state index is 12.2.